The van der Waals surface area contributed by atoms with Crippen molar-refractivity contribution in [2.75, 3.05) is 20.3 Å². The number of para-hydroxylation sites is 1. The van der Waals surface area contributed by atoms with Gasteiger partial charge in [-0.15, -0.1) is 0 Å². The van der Waals surface area contributed by atoms with Crippen LogP contribution in [0.3, 0.4) is 0 Å². The second-order valence-electron chi connectivity index (χ2n) is 6.67. The predicted octanol–water partition coefficient (Wildman–Crippen LogP) is 2.44. The predicted molar refractivity (Wildman–Crippen MR) is 99.8 cm³/mol. The van der Waals surface area contributed by atoms with Gasteiger partial charge in [0.15, 0.2) is 11.5 Å². The number of aryl methyl sites for hydroxylation is 2. The lowest BCUT2D eigenvalue weighted by atomic mass is 9.95. The first-order valence-corrected chi connectivity index (χ1v) is 9.14. The zero-order valence-corrected chi connectivity index (χ0v) is 16.0. The molecule has 0 unspecified atom stereocenters. The van der Waals surface area contributed by atoms with Crippen molar-refractivity contribution in [3.8, 4) is 11.5 Å². The summed E-state index contributed by atoms with van der Waals surface area (Å²) in [5.41, 5.74) is 4.47. The second-order valence-corrected chi connectivity index (χ2v) is 6.67. The molecule has 26 heavy (non-hydrogen) atoms. The van der Waals surface area contributed by atoms with Gasteiger partial charge >= 0.3 is 0 Å². The maximum Gasteiger partial charge on any atom is 0.226 e. The fourth-order valence-corrected chi connectivity index (χ4v) is 3.58. The van der Waals surface area contributed by atoms with E-state index in [0.717, 1.165) is 35.7 Å². The van der Waals surface area contributed by atoms with Gasteiger partial charge in [-0.1, -0.05) is 12.1 Å². The average molecular weight is 357 g/mol. The van der Waals surface area contributed by atoms with E-state index < -0.39 is 0 Å². The van der Waals surface area contributed by atoms with Gasteiger partial charge in [-0.25, -0.2) is 0 Å². The standard InChI is InChI=1S/C20H27N3O3/c1-5-23-14(3)17(13(2)22-23)9-10-21-20(24)16-11-15-7-6-8-18(25-4)19(15)26-12-16/h6-8,16H,5,9-12H2,1-4H3,(H,21,24)/t16-/m0/s1. The van der Waals surface area contributed by atoms with E-state index in [1.165, 1.54) is 11.3 Å². The average Bonchev–Trinajstić information content (AvgIpc) is 2.94. The molecule has 2 heterocycles. The number of nitrogens with zero attached hydrogens (tertiary/aromatic N) is 2. The molecule has 2 aromatic rings. The van der Waals surface area contributed by atoms with E-state index in [9.17, 15) is 4.79 Å². The molecule has 1 amide bonds. The smallest absolute Gasteiger partial charge is 0.226 e. The Morgan fingerprint density at radius 1 is 1.42 bits per heavy atom. The number of ether oxygens (including phenoxy) is 2. The van der Waals surface area contributed by atoms with Crippen molar-refractivity contribution in [1.29, 1.82) is 0 Å². The Hall–Kier alpha value is -2.50. The fourth-order valence-electron chi connectivity index (χ4n) is 3.58. The summed E-state index contributed by atoms with van der Waals surface area (Å²) in [5.74, 6) is 1.35. The number of fused-ring (bicyclic) bond motifs is 1. The lowest BCUT2D eigenvalue weighted by Crippen LogP contribution is -2.38. The van der Waals surface area contributed by atoms with Crippen LogP contribution in [0, 0.1) is 19.8 Å². The molecule has 1 atom stereocenters. The molecule has 1 N–H and O–H groups in total. The van der Waals surface area contributed by atoms with E-state index in [2.05, 4.69) is 24.3 Å². The minimum atomic E-state index is -0.171. The van der Waals surface area contributed by atoms with Crippen molar-refractivity contribution >= 4 is 5.91 Å². The maximum atomic E-state index is 12.5. The lowest BCUT2D eigenvalue weighted by molar-refractivity contribution is -0.126. The van der Waals surface area contributed by atoms with Crippen molar-refractivity contribution in [1.82, 2.24) is 15.1 Å². The van der Waals surface area contributed by atoms with Crippen LogP contribution >= 0.6 is 0 Å². The third-order valence-corrected chi connectivity index (χ3v) is 5.05. The van der Waals surface area contributed by atoms with Gasteiger partial charge in [-0.3, -0.25) is 9.48 Å². The normalized spacial score (nSPS) is 15.9. The van der Waals surface area contributed by atoms with E-state index in [1.807, 2.05) is 29.8 Å². The highest BCUT2D eigenvalue weighted by molar-refractivity contribution is 5.79. The number of benzene rings is 1. The molecule has 0 radical (unpaired) electrons. The third kappa shape index (κ3) is 3.54. The van der Waals surface area contributed by atoms with Crippen molar-refractivity contribution < 1.29 is 14.3 Å². The van der Waals surface area contributed by atoms with Gasteiger partial charge in [-0.2, -0.15) is 5.10 Å². The number of aromatic nitrogens is 2. The molecule has 0 fully saturated rings. The first-order valence-electron chi connectivity index (χ1n) is 9.14. The maximum absolute atomic E-state index is 12.5. The summed E-state index contributed by atoms with van der Waals surface area (Å²) < 4.78 is 13.1. The summed E-state index contributed by atoms with van der Waals surface area (Å²) in [4.78, 5) is 12.5. The van der Waals surface area contributed by atoms with Crippen LogP contribution in [0.5, 0.6) is 11.5 Å². The van der Waals surface area contributed by atoms with Gasteiger partial charge in [0.1, 0.15) is 6.61 Å². The number of methoxy groups -OCH3 is 1. The highest BCUT2D eigenvalue weighted by Gasteiger charge is 2.27. The molecule has 6 heteroatoms. The summed E-state index contributed by atoms with van der Waals surface area (Å²) in [5, 5.41) is 7.58. The molecule has 0 aliphatic carbocycles. The minimum Gasteiger partial charge on any atom is -0.493 e. The summed E-state index contributed by atoms with van der Waals surface area (Å²) in [6.07, 6.45) is 1.46. The van der Waals surface area contributed by atoms with Crippen LogP contribution in [0.2, 0.25) is 0 Å². The highest BCUT2D eigenvalue weighted by Crippen LogP contribution is 2.36. The van der Waals surface area contributed by atoms with E-state index in [-0.39, 0.29) is 11.8 Å². The Morgan fingerprint density at radius 3 is 2.92 bits per heavy atom. The van der Waals surface area contributed by atoms with Crippen LogP contribution in [0.25, 0.3) is 0 Å². The van der Waals surface area contributed by atoms with Crippen molar-refractivity contribution in [3.63, 3.8) is 0 Å². The molecule has 0 saturated heterocycles. The Labute approximate surface area is 154 Å². The quantitative estimate of drug-likeness (QED) is 0.862. The molecular weight excluding hydrogens is 330 g/mol. The summed E-state index contributed by atoms with van der Waals surface area (Å²) in [6.45, 7) is 8.04. The molecule has 0 saturated carbocycles. The number of amides is 1. The van der Waals surface area contributed by atoms with Crippen molar-refractivity contribution in [2.45, 2.75) is 40.2 Å². The molecule has 1 aromatic heterocycles. The number of hydrogen-bond donors (Lipinski definition) is 1. The molecule has 1 aliphatic heterocycles. The van der Waals surface area contributed by atoms with Crippen molar-refractivity contribution in [3.05, 3.63) is 40.7 Å². The Morgan fingerprint density at radius 2 is 2.23 bits per heavy atom. The van der Waals surface area contributed by atoms with E-state index in [1.54, 1.807) is 7.11 Å². The van der Waals surface area contributed by atoms with Gasteiger partial charge in [0.2, 0.25) is 5.91 Å². The zero-order chi connectivity index (χ0) is 18.7. The van der Waals surface area contributed by atoms with E-state index >= 15 is 0 Å². The molecule has 6 nitrogen and oxygen atoms in total. The van der Waals surface area contributed by atoms with Gasteiger partial charge in [0.25, 0.3) is 0 Å². The minimum absolute atomic E-state index is 0.0386. The SMILES string of the molecule is CCn1nc(C)c(CCNC(=O)[C@@H]2COc3c(cccc3OC)C2)c1C. The summed E-state index contributed by atoms with van der Waals surface area (Å²) in [7, 11) is 1.63. The summed E-state index contributed by atoms with van der Waals surface area (Å²) >= 11 is 0. The van der Waals surface area contributed by atoms with Crippen LogP contribution in [0.4, 0.5) is 0 Å². The van der Waals surface area contributed by atoms with Crippen LogP contribution in [0.15, 0.2) is 18.2 Å². The lowest BCUT2D eigenvalue weighted by Gasteiger charge is -2.25. The highest BCUT2D eigenvalue weighted by atomic mass is 16.5. The Balaban J connectivity index is 1.57. The Kier molecular flexibility index (Phi) is 5.49. The first kappa shape index (κ1) is 18.3. The second kappa shape index (κ2) is 7.81. The van der Waals surface area contributed by atoms with Gasteiger partial charge < -0.3 is 14.8 Å². The largest absolute Gasteiger partial charge is 0.493 e. The van der Waals surface area contributed by atoms with Crippen LogP contribution in [-0.4, -0.2) is 35.9 Å². The van der Waals surface area contributed by atoms with Gasteiger partial charge in [0, 0.05) is 18.8 Å². The third-order valence-electron chi connectivity index (χ3n) is 5.05. The van der Waals surface area contributed by atoms with Crippen LogP contribution in [-0.2, 0) is 24.2 Å². The Bertz CT molecular complexity index is 798. The fraction of sp³-hybridized carbons (Fsp3) is 0.500. The number of rotatable bonds is 6. The first-order chi connectivity index (χ1) is 12.5. The van der Waals surface area contributed by atoms with Crippen LogP contribution < -0.4 is 14.8 Å². The molecule has 0 spiro atoms. The molecular formula is C20H27N3O3. The molecule has 0 bridgehead atoms. The van der Waals surface area contributed by atoms with Gasteiger partial charge in [-0.05, 0) is 50.8 Å². The molecule has 3 rings (SSSR count). The number of hydrogen-bond acceptors (Lipinski definition) is 4. The van der Waals surface area contributed by atoms with E-state index in [0.29, 0.717) is 19.6 Å². The molecule has 140 valence electrons. The van der Waals surface area contributed by atoms with E-state index in [4.69, 9.17) is 9.47 Å². The van der Waals surface area contributed by atoms with Crippen molar-refractivity contribution in [2.24, 2.45) is 5.92 Å². The molecule has 1 aromatic carbocycles. The number of nitrogens with one attached hydrogen (secondary N) is 1. The molecule has 1 aliphatic rings. The number of carbonyl (C=O) groups is 1. The number of carbonyl (C=O) groups excluding carboxylic acids is 1. The topological polar surface area (TPSA) is 65.4 Å². The van der Waals surface area contributed by atoms with Gasteiger partial charge in [0.05, 0.1) is 18.7 Å². The summed E-state index contributed by atoms with van der Waals surface area (Å²) in [6, 6.07) is 5.79. The van der Waals surface area contributed by atoms with Crippen LogP contribution in [0.1, 0.15) is 29.4 Å². The monoisotopic (exact) mass is 357 g/mol. The zero-order valence-electron chi connectivity index (χ0n) is 16.0.